The van der Waals surface area contributed by atoms with Crippen LogP contribution in [0.15, 0.2) is 29.2 Å². The molecule has 0 saturated heterocycles. The molecule has 15 heavy (non-hydrogen) atoms. The van der Waals surface area contributed by atoms with Gasteiger partial charge in [0.2, 0.25) is 0 Å². The Balaban J connectivity index is 3.31. The van der Waals surface area contributed by atoms with Crippen molar-refractivity contribution in [2.75, 3.05) is 11.6 Å². The SMILES string of the molecule is O=C(O)c1ccccc1S(=O)(=O)CCCl. The van der Waals surface area contributed by atoms with E-state index in [-0.39, 0.29) is 22.1 Å². The summed E-state index contributed by atoms with van der Waals surface area (Å²) in [6, 6.07) is 5.48. The minimum Gasteiger partial charge on any atom is -0.478 e. The van der Waals surface area contributed by atoms with Crippen LogP contribution in [0, 0.1) is 0 Å². The van der Waals surface area contributed by atoms with Gasteiger partial charge in [-0.3, -0.25) is 0 Å². The van der Waals surface area contributed by atoms with Crippen LogP contribution in [0.3, 0.4) is 0 Å². The number of hydrogen-bond acceptors (Lipinski definition) is 3. The van der Waals surface area contributed by atoms with Gasteiger partial charge in [-0.05, 0) is 12.1 Å². The van der Waals surface area contributed by atoms with Crippen LogP contribution in [0.5, 0.6) is 0 Å². The summed E-state index contributed by atoms with van der Waals surface area (Å²) in [5.41, 5.74) is -0.220. The highest BCUT2D eigenvalue weighted by Gasteiger charge is 2.20. The zero-order chi connectivity index (χ0) is 11.5. The first-order valence-electron chi connectivity index (χ1n) is 4.10. The van der Waals surface area contributed by atoms with Gasteiger partial charge in [-0.25, -0.2) is 13.2 Å². The molecular formula is C9H9ClO4S. The number of carbonyl (C=O) groups is 1. The number of carboxylic acid groups (broad SMARTS) is 1. The van der Waals surface area contributed by atoms with Gasteiger partial charge < -0.3 is 5.11 Å². The molecular weight excluding hydrogens is 240 g/mol. The zero-order valence-corrected chi connectivity index (χ0v) is 9.25. The van der Waals surface area contributed by atoms with Crippen LogP contribution < -0.4 is 0 Å². The maximum absolute atomic E-state index is 11.6. The summed E-state index contributed by atoms with van der Waals surface area (Å²) >= 11 is 5.34. The van der Waals surface area contributed by atoms with Crippen LogP contribution in [0.1, 0.15) is 10.4 Å². The van der Waals surface area contributed by atoms with E-state index in [1.807, 2.05) is 0 Å². The number of rotatable bonds is 4. The zero-order valence-electron chi connectivity index (χ0n) is 7.68. The molecule has 0 fully saturated rings. The lowest BCUT2D eigenvalue weighted by Crippen LogP contribution is -2.13. The molecule has 1 N–H and O–H groups in total. The van der Waals surface area contributed by atoms with Gasteiger partial charge in [0.05, 0.1) is 16.2 Å². The van der Waals surface area contributed by atoms with Crippen LogP contribution in [-0.4, -0.2) is 31.1 Å². The topological polar surface area (TPSA) is 71.4 Å². The van der Waals surface area contributed by atoms with Crippen molar-refractivity contribution in [1.82, 2.24) is 0 Å². The van der Waals surface area contributed by atoms with E-state index in [0.29, 0.717) is 0 Å². The molecule has 0 saturated carbocycles. The van der Waals surface area contributed by atoms with Gasteiger partial charge in [-0.1, -0.05) is 12.1 Å². The van der Waals surface area contributed by atoms with E-state index >= 15 is 0 Å². The van der Waals surface area contributed by atoms with E-state index in [0.717, 1.165) is 0 Å². The average Bonchev–Trinajstić information content (AvgIpc) is 2.17. The Hall–Kier alpha value is -1.07. The third-order valence-corrected chi connectivity index (χ3v) is 3.98. The van der Waals surface area contributed by atoms with Crippen molar-refractivity contribution in [3.05, 3.63) is 29.8 Å². The Morgan fingerprint density at radius 1 is 1.33 bits per heavy atom. The van der Waals surface area contributed by atoms with Gasteiger partial charge in [0, 0.05) is 5.88 Å². The van der Waals surface area contributed by atoms with Crippen LogP contribution in [-0.2, 0) is 9.84 Å². The summed E-state index contributed by atoms with van der Waals surface area (Å²) in [5.74, 6) is -1.58. The molecule has 0 spiro atoms. The first-order chi connectivity index (χ1) is 6.99. The van der Waals surface area contributed by atoms with Gasteiger partial charge in [0.1, 0.15) is 0 Å². The molecule has 6 heteroatoms. The van der Waals surface area contributed by atoms with E-state index in [9.17, 15) is 13.2 Å². The molecule has 0 amide bonds. The Morgan fingerprint density at radius 3 is 2.47 bits per heavy atom. The average molecular weight is 249 g/mol. The number of halogens is 1. The molecule has 0 aromatic heterocycles. The molecule has 1 rings (SSSR count). The van der Waals surface area contributed by atoms with E-state index in [4.69, 9.17) is 16.7 Å². The molecule has 0 heterocycles. The van der Waals surface area contributed by atoms with Crippen molar-refractivity contribution in [1.29, 1.82) is 0 Å². The maximum atomic E-state index is 11.6. The number of sulfone groups is 1. The molecule has 82 valence electrons. The molecule has 4 nitrogen and oxygen atoms in total. The van der Waals surface area contributed by atoms with Crippen LogP contribution >= 0.6 is 11.6 Å². The van der Waals surface area contributed by atoms with E-state index in [1.54, 1.807) is 0 Å². The summed E-state index contributed by atoms with van der Waals surface area (Å²) in [7, 11) is -3.60. The second-order valence-electron chi connectivity index (χ2n) is 2.81. The third-order valence-electron chi connectivity index (χ3n) is 1.80. The summed E-state index contributed by atoms with van der Waals surface area (Å²) in [5, 5.41) is 8.80. The Kier molecular flexibility index (Phi) is 3.71. The van der Waals surface area contributed by atoms with Crippen molar-refractivity contribution in [2.45, 2.75) is 4.90 Å². The first-order valence-corrected chi connectivity index (χ1v) is 6.29. The normalized spacial score (nSPS) is 11.3. The predicted molar refractivity (Wildman–Crippen MR) is 56.2 cm³/mol. The molecule has 1 aromatic carbocycles. The van der Waals surface area contributed by atoms with Gasteiger partial charge in [-0.2, -0.15) is 0 Å². The second-order valence-corrected chi connectivity index (χ2v) is 5.26. The van der Waals surface area contributed by atoms with Gasteiger partial charge in [-0.15, -0.1) is 11.6 Å². The van der Waals surface area contributed by atoms with Gasteiger partial charge in [0.15, 0.2) is 9.84 Å². The molecule has 0 aliphatic heterocycles. The Bertz CT molecular complexity index is 467. The fourth-order valence-corrected chi connectivity index (χ4v) is 2.93. The first kappa shape index (κ1) is 12.0. The molecule has 1 aromatic rings. The predicted octanol–water partition coefficient (Wildman–Crippen LogP) is 1.40. The minimum atomic E-state index is -3.60. The van der Waals surface area contributed by atoms with Crippen molar-refractivity contribution in [3.63, 3.8) is 0 Å². The highest BCUT2D eigenvalue weighted by molar-refractivity contribution is 7.91. The van der Waals surface area contributed by atoms with Gasteiger partial charge in [0.25, 0.3) is 0 Å². The Labute approximate surface area is 92.4 Å². The van der Waals surface area contributed by atoms with Crippen molar-refractivity contribution in [2.24, 2.45) is 0 Å². The summed E-state index contributed by atoms with van der Waals surface area (Å²) in [6.45, 7) is 0. The molecule has 0 bridgehead atoms. The summed E-state index contributed by atoms with van der Waals surface area (Å²) in [6.07, 6.45) is 0. The third kappa shape index (κ3) is 2.70. The minimum absolute atomic E-state index is 0.0592. The number of alkyl halides is 1. The molecule has 0 unspecified atom stereocenters. The van der Waals surface area contributed by atoms with E-state index in [2.05, 4.69) is 0 Å². The largest absolute Gasteiger partial charge is 0.478 e. The van der Waals surface area contributed by atoms with Crippen LogP contribution in [0.2, 0.25) is 0 Å². The fourth-order valence-electron chi connectivity index (χ4n) is 1.13. The molecule has 0 radical (unpaired) electrons. The number of carboxylic acids is 1. The van der Waals surface area contributed by atoms with Crippen molar-refractivity contribution < 1.29 is 18.3 Å². The van der Waals surface area contributed by atoms with Gasteiger partial charge >= 0.3 is 5.97 Å². The summed E-state index contributed by atoms with van der Waals surface area (Å²) < 4.78 is 23.2. The number of hydrogen-bond donors (Lipinski definition) is 1. The Morgan fingerprint density at radius 2 is 1.93 bits per heavy atom. The summed E-state index contributed by atoms with van der Waals surface area (Å²) in [4.78, 5) is 10.6. The van der Waals surface area contributed by atoms with Crippen LogP contribution in [0.25, 0.3) is 0 Å². The number of aromatic carboxylic acids is 1. The maximum Gasteiger partial charge on any atom is 0.337 e. The fraction of sp³-hybridized carbons (Fsp3) is 0.222. The quantitative estimate of drug-likeness (QED) is 0.818. The standard InChI is InChI=1S/C9H9ClO4S/c10-5-6-15(13,14)8-4-2-1-3-7(8)9(11)12/h1-4H,5-6H2,(H,11,12). The van der Waals surface area contributed by atoms with Crippen molar-refractivity contribution in [3.8, 4) is 0 Å². The molecule has 0 atom stereocenters. The van der Waals surface area contributed by atoms with E-state index in [1.165, 1.54) is 24.3 Å². The lowest BCUT2D eigenvalue weighted by Gasteiger charge is -2.05. The molecule has 0 aliphatic rings. The van der Waals surface area contributed by atoms with Crippen LogP contribution in [0.4, 0.5) is 0 Å². The smallest absolute Gasteiger partial charge is 0.337 e. The number of benzene rings is 1. The highest BCUT2D eigenvalue weighted by Crippen LogP contribution is 2.17. The second kappa shape index (κ2) is 4.63. The lowest BCUT2D eigenvalue weighted by molar-refractivity contribution is 0.0692. The highest BCUT2D eigenvalue weighted by atomic mass is 35.5. The van der Waals surface area contributed by atoms with E-state index < -0.39 is 15.8 Å². The monoisotopic (exact) mass is 248 g/mol. The molecule has 0 aliphatic carbocycles. The van der Waals surface area contributed by atoms with Crippen molar-refractivity contribution >= 4 is 27.4 Å². The lowest BCUT2D eigenvalue weighted by atomic mass is 10.2.